The van der Waals surface area contributed by atoms with Crippen LogP contribution in [0.3, 0.4) is 0 Å². The molecule has 0 aromatic carbocycles. The fourth-order valence-corrected chi connectivity index (χ4v) is 3.71. The summed E-state index contributed by atoms with van der Waals surface area (Å²) in [5.74, 6) is -1.27. The van der Waals surface area contributed by atoms with E-state index in [2.05, 4.69) is 6.58 Å². The van der Waals surface area contributed by atoms with Crippen LogP contribution in [0, 0.1) is 5.92 Å². The number of rotatable bonds is 5. The van der Waals surface area contributed by atoms with E-state index in [0.29, 0.717) is 18.6 Å². The highest BCUT2D eigenvalue weighted by Crippen LogP contribution is 2.46. The summed E-state index contributed by atoms with van der Waals surface area (Å²) in [5, 5.41) is 9.01. The Bertz CT molecular complexity index is 533. The molecule has 1 fully saturated rings. The third-order valence-electron chi connectivity index (χ3n) is 4.83. The van der Waals surface area contributed by atoms with Crippen LogP contribution in [0.25, 0.3) is 0 Å². The molecule has 0 aromatic rings. The number of hydrogen-bond acceptors (Lipinski definition) is 4. The Balaban J connectivity index is 2.42. The zero-order valence-corrected chi connectivity index (χ0v) is 13.5. The van der Waals surface area contributed by atoms with Crippen molar-refractivity contribution in [3.8, 4) is 0 Å². The second kappa shape index (κ2) is 6.24. The first-order valence-electron chi connectivity index (χ1n) is 7.75. The highest BCUT2D eigenvalue weighted by molar-refractivity contribution is 5.91. The summed E-state index contributed by atoms with van der Waals surface area (Å²) in [6.45, 7) is 10.1. The molecule has 2 aliphatic rings. The summed E-state index contributed by atoms with van der Waals surface area (Å²) < 4.78 is 11.6. The maximum absolute atomic E-state index is 11.9. The minimum absolute atomic E-state index is 0.0433. The molecular weight excluding hydrogens is 284 g/mol. The van der Waals surface area contributed by atoms with E-state index in [4.69, 9.17) is 14.6 Å². The lowest BCUT2D eigenvalue weighted by Gasteiger charge is -2.38. The van der Waals surface area contributed by atoms with Gasteiger partial charge >= 0.3 is 11.9 Å². The topological polar surface area (TPSA) is 72.8 Å². The lowest BCUT2D eigenvalue weighted by atomic mass is 9.80. The molecule has 1 aliphatic heterocycles. The van der Waals surface area contributed by atoms with Gasteiger partial charge in [0.1, 0.15) is 11.7 Å². The monoisotopic (exact) mass is 308 g/mol. The zero-order valence-electron chi connectivity index (χ0n) is 13.5. The Morgan fingerprint density at radius 1 is 1.55 bits per heavy atom. The summed E-state index contributed by atoms with van der Waals surface area (Å²) >= 11 is 0. The molecule has 0 spiro atoms. The predicted molar refractivity (Wildman–Crippen MR) is 81.3 cm³/mol. The van der Waals surface area contributed by atoms with Crippen molar-refractivity contribution >= 4 is 11.9 Å². The second-order valence-corrected chi connectivity index (χ2v) is 6.19. The standard InChI is InChI=1S/C17H24O5/c1-5-21-17(4)13(8-9-14(18)19)10(2)6-7-12-11(3)16(20)22-15(12)17/h12,15H,3,5-9H2,1-2,4H3,(H,18,19)/t12-,15+,17+/m0/s1. The average Bonchev–Trinajstić information content (AvgIpc) is 2.67. The van der Waals surface area contributed by atoms with Gasteiger partial charge in [0.25, 0.3) is 0 Å². The summed E-state index contributed by atoms with van der Waals surface area (Å²) in [4.78, 5) is 22.9. The van der Waals surface area contributed by atoms with Crippen molar-refractivity contribution in [2.24, 2.45) is 5.92 Å². The van der Waals surface area contributed by atoms with Gasteiger partial charge in [0.2, 0.25) is 0 Å². The van der Waals surface area contributed by atoms with E-state index in [1.807, 2.05) is 20.8 Å². The Morgan fingerprint density at radius 3 is 2.82 bits per heavy atom. The normalized spacial score (nSPS) is 31.8. The van der Waals surface area contributed by atoms with Crippen LogP contribution in [0.15, 0.2) is 23.3 Å². The van der Waals surface area contributed by atoms with Gasteiger partial charge in [0.05, 0.1) is 0 Å². The lowest BCUT2D eigenvalue weighted by molar-refractivity contribution is -0.154. The van der Waals surface area contributed by atoms with E-state index in [1.54, 1.807) is 0 Å². The fourth-order valence-electron chi connectivity index (χ4n) is 3.71. The maximum Gasteiger partial charge on any atom is 0.334 e. The molecule has 0 bridgehead atoms. The van der Waals surface area contributed by atoms with Crippen LogP contribution in [0.1, 0.15) is 46.5 Å². The molecule has 1 saturated heterocycles. The predicted octanol–water partition coefficient (Wildman–Crippen LogP) is 2.85. The molecule has 22 heavy (non-hydrogen) atoms. The number of aliphatic carboxylic acids is 1. The Hall–Kier alpha value is -1.62. The van der Waals surface area contributed by atoms with Crippen LogP contribution < -0.4 is 0 Å². The number of carbonyl (C=O) groups is 2. The third-order valence-corrected chi connectivity index (χ3v) is 4.83. The summed E-state index contributed by atoms with van der Waals surface area (Å²) in [7, 11) is 0. The summed E-state index contributed by atoms with van der Waals surface area (Å²) in [6, 6.07) is 0. The van der Waals surface area contributed by atoms with E-state index < -0.39 is 17.7 Å². The van der Waals surface area contributed by atoms with Gasteiger partial charge in [-0.3, -0.25) is 4.79 Å². The van der Waals surface area contributed by atoms with Gasteiger partial charge < -0.3 is 14.6 Å². The van der Waals surface area contributed by atoms with Crippen LogP contribution in [0.4, 0.5) is 0 Å². The number of esters is 1. The lowest BCUT2D eigenvalue weighted by Crippen LogP contribution is -2.46. The van der Waals surface area contributed by atoms with Crippen molar-refractivity contribution in [2.75, 3.05) is 6.61 Å². The minimum atomic E-state index is -0.840. The van der Waals surface area contributed by atoms with Crippen molar-refractivity contribution in [3.05, 3.63) is 23.3 Å². The molecule has 5 heteroatoms. The molecular formula is C17H24O5. The molecule has 3 atom stereocenters. The van der Waals surface area contributed by atoms with Crippen LogP contribution >= 0.6 is 0 Å². The summed E-state index contributed by atoms with van der Waals surface area (Å²) in [5.41, 5.74) is 1.80. The van der Waals surface area contributed by atoms with Gasteiger partial charge in [-0.2, -0.15) is 0 Å². The van der Waals surface area contributed by atoms with Crippen molar-refractivity contribution in [3.63, 3.8) is 0 Å². The SMILES string of the molecule is C=C1C(=O)O[C@@H]2[C@H]1CCC(C)=C(CCC(=O)O)[C@@]2(C)OCC. The number of allylic oxidation sites excluding steroid dienone is 1. The number of carboxylic acid groups (broad SMARTS) is 1. The van der Waals surface area contributed by atoms with E-state index in [9.17, 15) is 9.59 Å². The smallest absolute Gasteiger partial charge is 0.334 e. The van der Waals surface area contributed by atoms with Crippen molar-refractivity contribution in [1.29, 1.82) is 0 Å². The van der Waals surface area contributed by atoms with E-state index in [0.717, 1.165) is 24.0 Å². The molecule has 1 aliphatic carbocycles. The van der Waals surface area contributed by atoms with E-state index in [-0.39, 0.29) is 18.3 Å². The Kier molecular flexibility index (Phi) is 4.75. The molecule has 0 aromatic heterocycles. The van der Waals surface area contributed by atoms with Crippen molar-refractivity contribution < 1.29 is 24.2 Å². The van der Waals surface area contributed by atoms with Gasteiger partial charge in [0.15, 0.2) is 0 Å². The molecule has 122 valence electrons. The first-order chi connectivity index (χ1) is 10.3. The number of fused-ring (bicyclic) bond motifs is 1. The minimum Gasteiger partial charge on any atom is -0.481 e. The highest BCUT2D eigenvalue weighted by Gasteiger charge is 2.53. The average molecular weight is 308 g/mol. The molecule has 2 rings (SSSR count). The van der Waals surface area contributed by atoms with Crippen LogP contribution in [0.5, 0.6) is 0 Å². The first-order valence-corrected chi connectivity index (χ1v) is 7.75. The van der Waals surface area contributed by atoms with Crippen LogP contribution in [0.2, 0.25) is 0 Å². The quantitative estimate of drug-likeness (QED) is 0.480. The Morgan fingerprint density at radius 2 is 2.23 bits per heavy atom. The zero-order chi connectivity index (χ0) is 16.5. The molecule has 1 heterocycles. The number of carboxylic acids is 1. The molecule has 0 amide bonds. The molecule has 0 unspecified atom stereocenters. The highest BCUT2D eigenvalue weighted by atomic mass is 16.6. The van der Waals surface area contributed by atoms with Gasteiger partial charge in [-0.15, -0.1) is 0 Å². The van der Waals surface area contributed by atoms with Gasteiger partial charge in [0, 0.05) is 24.5 Å². The fraction of sp³-hybridized carbons (Fsp3) is 0.647. The maximum atomic E-state index is 11.9. The summed E-state index contributed by atoms with van der Waals surface area (Å²) in [6.07, 6.45) is 1.61. The largest absolute Gasteiger partial charge is 0.481 e. The van der Waals surface area contributed by atoms with Gasteiger partial charge in [-0.05, 0) is 45.6 Å². The molecule has 0 radical (unpaired) electrons. The van der Waals surface area contributed by atoms with Gasteiger partial charge in [-0.25, -0.2) is 4.79 Å². The molecule has 0 saturated carbocycles. The second-order valence-electron chi connectivity index (χ2n) is 6.19. The van der Waals surface area contributed by atoms with Crippen LogP contribution in [-0.2, 0) is 19.1 Å². The molecule has 5 nitrogen and oxygen atoms in total. The number of ether oxygens (including phenoxy) is 2. The Labute approximate surface area is 131 Å². The first kappa shape index (κ1) is 16.7. The van der Waals surface area contributed by atoms with Gasteiger partial charge in [-0.1, -0.05) is 12.2 Å². The number of hydrogen-bond donors (Lipinski definition) is 1. The number of carbonyl (C=O) groups excluding carboxylic acids is 1. The van der Waals surface area contributed by atoms with E-state index >= 15 is 0 Å². The molecule has 1 N–H and O–H groups in total. The third kappa shape index (κ3) is 2.82. The van der Waals surface area contributed by atoms with Crippen molar-refractivity contribution in [1.82, 2.24) is 0 Å². The van der Waals surface area contributed by atoms with Crippen LogP contribution in [-0.4, -0.2) is 35.4 Å². The van der Waals surface area contributed by atoms with E-state index in [1.165, 1.54) is 0 Å². The van der Waals surface area contributed by atoms with Crippen molar-refractivity contribution in [2.45, 2.75) is 58.2 Å².